The molecule has 0 radical (unpaired) electrons. The highest BCUT2D eigenvalue weighted by Crippen LogP contribution is 2.25. The Balaban J connectivity index is 1.75. The van der Waals surface area contributed by atoms with Crippen LogP contribution in [0.1, 0.15) is 19.4 Å². The van der Waals surface area contributed by atoms with Crippen molar-refractivity contribution in [2.24, 2.45) is 0 Å². The Morgan fingerprint density at radius 1 is 1.09 bits per heavy atom. The summed E-state index contributed by atoms with van der Waals surface area (Å²) >= 11 is 0. The van der Waals surface area contributed by atoms with Gasteiger partial charge in [0.05, 0.1) is 0 Å². The fourth-order valence-corrected chi connectivity index (χ4v) is 2.77. The Bertz CT molecular complexity index is 596. The molecule has 2 atom stereocenters. The monoisotopic (exact) mass is 299 g/mol. The molecule has 116 valence electrons. The number of rotatable bonds is 4. The Kier molecular flexibility index (Phi) is 4.48. The van der Waals surface area contributed by atoms with E-state index >= 15 is 0 Å². The largest absolute Gasteiger partial charge is 0.470 e. The molecule has 2 unspecified atom stereocenters. The zero-order chi connectivity index (χ0) is 15.4. The van der Waals surface area contributed by atoms with Gasteiger partial charge < -0.3 is 15.0 Å². The summed E-state index contributed by atoms with van der Waals surface area (Å²) in [5, 5.41) is 3.52. The molecular formula is C16H21N5O. The molecule has 1 aliphatic heterocycles. The lowest BCUT2D eigenvalue weighted by molar-refractivity contribution is 0.290. The molecule has 0 bridgehead atoms. The maximum atomic E-state index is 5.88. The van der Waals surface area contributed by atoms with Crippen LogP contribution in [0.3, 0.4) is 0 Å². The lowest BCUT2D eigenvalue weighted by atomic mass is 10.1. The number of ether oxygens (including phenoxy) is 1. The van der Waals surface area contributed by atoms with Crippen LogP contribution in [0.5, 0.6) is 5.88 Å². The molecular weight excluding hydrogens is 278 g/mol. The first kappa shape index (κ1) is 14.7. The number of nitrogens with zero attached hydrogens (tertiary/aromatic N) is 4. The van der Waals surface area contributed by atoms with Gasteiger partial charge in [-0.1, -0.05) is 0 Å². The minimum atomic E-state index is 0.416. The number of nitrogens with one attached hydrogen (secondary N) is 1. The van der Waals surface area contributed by atoms with Crippen molar-refractivity contribution in [1.82, 2.24) is 20.3 Å². The molecule has 2 aromatic rings. The lowest BCUT2D eigenvalue weighted by Gasteiger charge is -2.37. The van der Waals surface area contributed by atoms with Crippen molar-refractivity contribution in [2.75, 3.05) is 18.0 Å². The minimum absolute atomic E-state index is 0.416. The number of anilines is 1. The van der Waals surface area contributed by atoms with Gasteiger partial charge in [-0.25, -0.2) is 9.97 Å². The van der Waals surface area contributed by atoms with Gasteiger partial charge in [-0.15, -0.1) is 0 Å². The summed E-state index contributed by atoms with van der Waals surface area (Å²) in [5.41, 5.74) is 1.06. The molecule has 3 heterocycles. The Hall–Kier alpha value is -2.21. The Labute approximate surface area is 130 Å². The fourth-order valence-electron chi connectivity index (χ4n) is 2.77. The second kappa shape index (κ2) is 6.70. The molecule has 0 aromatic carbocycles. The molecule has 3 rings (SSSR count). The van der Waals surface area contributed by atoms with E-state index in [0.717, 1.165) is 24.5 Å². The summed E-state index contributed by atoms with van der Waals surface area (Å²) < 4.78 is 5.88. The quantitative estimate of drug-likeness (QED) is 0.926. The van der Waals surface area contributed by atoms with Crippen molar-refractivity contribution in [1.29, 1.82) is 0 Å². The maximum absolute atomic E-state index is 5.88. The van der Waals surface area contributed by atoms with E-state index in [9.17, 15) is 0 Å². The molecule has 22 heavy (non-hydrogen) atoms. The van der Waals surface area contributed by atoms with Crippen molar-refractivity contribution >= 4 is 5.82 Å². The highest BCUT2D eigenvalue weighted by molar-refractivity contribution is 5.48. The summed E-state index contributed by atoms with van der Waals surface area (Å²) in [6.07, 6.45) is 6.90. The van der Waals surface area contributed by atoms with E-state index in [4.69, 9.17) is 4.74 Å². The number of hydrogen-bond acceptors (Lipinski definition) is 6. The van der Waals surface area contributed by atoms with E-state index in [-0.39, 0.29) is 0 Å². The van der Waals surface area contributed by atoms with Crippen molar-refractivity contribution < 1.29 is 4.74 Å². The summed E-state index contributed by atoms with van der Waals surface area (Å²) in [6, 6.07) is 4.70. The molecule has 6 nitrogen and oxygen atoms in total. The first-order valence-corrected chi connectivity index (χ1v) is 7.56. The maximum Gasteiger partial charge on any atom is 0.257 e. The van der Waals surface area contributed by atoms with Crippen LogP contribution < -0.4 is 15.0 Å². The molecule has 1 saturated heterocycles. The van der Waals surface area contributed by atoms with Crippen LogP contribution in [-0.2, 0) is 6.61 Å². The SMILES string of the molecule is CC1CN(c2nccnc2OCc2ccncc2)CC(C)N1. The van der Waals surface area contributed by atoms with Gasteiger partial charge in [-0.3, -0.25) is 4.98 Å². The van der Waals surface area contributed by atoms with Crippen LogP contribution >= 0.6 is 0 Å². The van der Waals surface area contributed by atoms with Crippen molar-refractivity contribution in [3.63, 3.8) is 0 Å². The molecule has 1 aliphatic rings. The van der Waals surface area contributed by atoms with Gasteiger partial charge in [-0.05, 0) is 31.5 Å². The van der Waals surface area contributed by atoms with E-state index in [1.165, 1.54) is 0 Å². The van der Waals surface area contributed by atoms with Crippen LogP contribution in [0.2, 0.25) is 0 Å². The third kappa shape index (κ3) is 3.51. The number of hydrogen-bond donors (Lipinski definition) is 1. The van der Waals surface area contributed by atoms with E-state index in [1.807, 2.05) is 12.1 Å². The lowest BCUT2D eigenvalue weighted by Crippen LogP contribution is -2.54. The predicted octanol–water partition coefficient (Wildman–Crippen LogP) is 1.64. The number of pyridine rings is 1. The average molecular weight is 299 g/mol. The molecule has 0 amide bonds. The molecule has 0 spiro atoms. The van der Waals surface area contributed by atoms with E-state index in [0.29, 0.717) is 24.6 Å². The standard InChI is InChI=1S/C16H21N5O/c1-12-9-21(10-13(2)20-12)15-16(19-8-7-18-15)22-11-14-3-5-17-6-4-14/h3-8,12-13,20H,9-11H2,1-2H3. The summed E-state index contributed by atoms with van der Waals surface area (Å²) in [4.78, 5) is 15.1. The van der Waals surface area contributed by atoms with Gasteiger partial charge in [0.2, 0.25) is 0 Å². The second-order valence-corrected chi connectivity index (χ2v) is 5.70. The molecule has 0 aliphatic carbocycles. The van der Waals surface area contributed by atoms with Crippen LogP contribution in [0, 0.1) is 0 Å². The van der Waals surface area contributed by atoms with E-state index < -0.39 is 0 Å². The van der Waals surface area contributed by atoms with Crippen molar-refractivity contribution in [3.8, 4) is 5.88 Å². The normalized spacial score (nSPS) is 21.6. The smallest absolute Gasteiger partial charge is 0.257 e. The molecule has 2 aromatic heterocycles. The zero-order valence-corrected chi connectivity index (χ0v) is 12.9. The van der Waals surface area contributed by atoms with E-state index in [2.05, 4.69) is 39.0 Å². The zero-order valence-electron chi connectivity index (χ0n) is 12.9. The number of aromatic nitrogens is 3. The van der Waals surface area contributed by atoms with Crippen molar-refractivity contribution in [2.45, 2.75) is 32.5 Å². The number of piperazine rings is 1. The first-order valence-electron chi connectivity index (χ1n) is 7.56. The van der Waals surface area contributed by atoms with Crippen LogP contribution in [0.15, 0.2) is 36.9 Å². The highest BCUT2D eigenvalue weighted by atomic mass is 16.5. The summed E-state index contributed by atoms with van der Waals surface area (Å²) in [6.45, 7) is 6.61. The van der Waals surface area contributed by atoms with Crippen LogP contribution in [-0.4, -0.2) is 40.1 Å². The van der Waals surface area contributed by atoms with Gasteiger partial charge in [0.15, 0.2) is 5.82 Å². The molecule has 0 saturated carbocycles. The summed E-state index contributed by atoms with van der Waals surface area (Å²) in [5.74, 6) is 1.40. The minimum Gasteiger partial charge on any atom is -0.470 e. The summed E-state index contributed by atoms with van der Waals surface area (Å²) in [7, 11) is 0. The predicted molar refractivity (Wildman–Crippen MR) is 84.9 cm³/mol. The van der Waals surface area contributed by atoms with Crippen LogP contribution in [0.25, 0.3) is 0 Å². The molecule has 1 fully saturated rings. The van der Waals surface area contributed by atoms with Crippen LogP contribution in [0.4, 0.5) is 5.82 Å². The second-order valence-electron chi connectivity index (χ2n) is 5.70. The van der Waals surface area contributed by atoms with Gasteiger partial charge in [0.25, 0.3) is 5.88 Å². The Morgan fingerprint density at radius 3 is 2.50 bits per heavy atom. The Morgan fingerprint density at radius 2 is 1.77 bits per heavy atom. The first-order chi connectivity index (χ1) is 10.7. The van der Waals surface area contributed by atoms with E-state index in [1.54, 1.807) is 24.8 Å². The molecule has 1 N–H and O–H groups in total. The topological polar surface area (TPSA) is 63.2 Å². The van der Waals surface area contributed by atoms with Gasteiger partial charge in [0.1, 0.15) is 6.61 Å². The van der Waals surface area contributed by atoms with Gasteiger partial charge in [-0.2, -0.15) is 0 Å². The van der Waals surface area contributed by atoms with Gasteiger partial charge >= 0.3 is 0 Å². The van der Waals surface area contributed by atoms with Crippen molar-refractivity contribution in [3.05, 3.63) is 42.5 Å². The fraction of sp³-hybridized carbons (Fsp3) is 0.438. The third-order valence-corrected chi connectivity index (χ3v) is 3.63. The van der Waals surface area contributed by atoms with Gasteiger partial charge in [0, 0.05) is 50.0 Å². The highest BCUT2D eigenvalue weighted by Gasteiger charge is 2.24. The third-order valence-electron chi connectivity index (χ3n) is 3.63. The molecule has 6 heteroatoms. The average Bonchev–Trinajstić information content (AvgIpc) is 2.53.